The molecule has 6 nitrogen and oxygen atoms in total. The molecule has 0 amide bonds. The fraction of sp³-hybridized carbons (Fsp3) is 0.214. The SMILES string of the molecule is COC(=O)c1ccc2cc(OCCCCOc3ccc4cc(C(=O)OC)ccc4c3)ccc2c1. The average molecular weight is 459 g/mol. The van der Waals surface area contributed by atoms with Gasteiger partial charge in [-0.3, -0.25) is 0 Å². The van der Waals surface area contributed by atoms with Gasteiger partial charge in [-0.25, -0.2) is 9.59 Å². The summed E-state index contributed by atoms with van der Waals surface area (Å²) in [4.78, 5) is 23.3. The Bertz CT molecular complexity index is 1220. The molecule has 0 fully saturated rings. The lowest BCUT2D eigenvalue weighted by molar-refractivity contribution is 0.0592. The van der Waals surface area contributed by atoms with E-state index in [0.29, 0.717) is 24.3 Å². The third-order valence-corrected chi connectivity index (χ3v) is 5.54. The summed E-state index contributed by atoms with van der Waals surface area (Å²) in [5.74, 6) is 0.891. The van der Waals surface area contributed by atoms with Crippen molar-refractivity contribution in [1.29, 1.82) is 0 Å². The molecule has 0 N–H and O–H groups in total. The summed E-state index contributed by atoms with van der Waals surface area (Å²) in [5.41, 5.74) is 1.06. The van der Waals surface area contributed by atoms with Gasteiger partial charge in [0.15, 0.2) is 0 Å². The van der Waals surface area contributed by atoms with E-state index in [1.165, 1.54) is 14.2 Å². The molecule has 0 radical (unpaired) electrons. The molecular weight excluding hydrogens is 432 g/mol. The lowest BCUT2D eigenvalue weighted by Crippen LogP contribution is -2.03. The maximum absolute atomic E-state index is 11.7. The third-order valence-electron chi connectivity index (χ3n) is 5.54. The second-order valence-corrected chi connectivity index (χ2v) is 7.83. The van der Waals surface area contributed by atoms with Crippen molar-refractivity contribution >= 4 is 33.5 Å². The predicted octanol–water partition coefficient (Wildman–Crippen LogP) is 5.80. The van der Waals surface area contributed by atoms with Crippen molar-refractivity contribution < 1.29 is 28.5 Å². The van der Waals surface area contributed by atoms with E-state index >= 15 is 0 Å². The molecule has 4 aromatic carbocycles. The molecule has 0 aliphatic heterocycles. The fourth-order valence-electron chi connectivity index (χ4n) is 3.70. The van der Waals surface area contributed by atoms with Gasteiger partial charge in [0, 0.05) is 0 Å². The van der Waals surface area contributed by atoms with Crippen LogP contribution in [0.1, 0.15) is 33.6 Å². The van der Waals surface area contributed by atoms with Crippen molar-refractivity contribution in [2.75, 3.05) is 27.4 Å². The smallest absolute Gasteiger partial charge is 0.337 e. The van der Waals surface area contributed by atoms with E-state index in [0.717, 1.165) is 45.9 Å². The highest BCUT2D eigenvalue weighted by Crippen LogP contribution is 2.24. The molecule has 0 saturated heterocycles. The number of unbranched alkanes of at least 4 members (excludes halogenated alkanes) is 1. The van der Waals surface area contributed by atoms with Gasteiger partial charge in [-0.15, -0.1) is 0 Å². The Kier molecular flexibility index (Phi) is 7.28. The van der Waals surface area contributed by atoms with Crippen molar-refractivity contribution in [2.45, 2.75) is 12.8 Å². The molecule has 0 spiro atoms. The van der Waals surface area contributed by atoms with Crippen LogP contribution in [0.25, 0.3) is 21.5 Å². The summed E-state index contributed by atoms with van der Waals surface area (Å²) in [6.07, 6.45) is 1.71. The Hall–Kier alpha value is -4.06. The Morgan fingerprint density at radius 1 is 0.559 bits per heavy atom. The number of rotatable bonds is 9. The van der Waals surface area contributed by atoms with Gasteiger partial charge in [-0.05, 0) is 82.9 Å². The van der Waals surface area contributed by atoms with Crippen molar-refractivity contribution in [2.24, 2.45) is 0 Å². The quantitative estimate of drug-likeness (QED) is 0.233. The number of hydrogen-bond acceptors (Lipinski definition) is 6. The van der Waals surface area contributed by atoms with E-state index < -0.39 is 0 Å². The standard InChI is InChI=1S/C28H26O6/c1-31-27(29)23-7-5-21-17-25(11-9-19(21)15-23)33-13-3-4-14-34-26-12-10-20-16-24(28(30)32-2)8-6-22(20)18-26/h5-12,15-18H,3-4,13-14H2,1-2H3. The largest absolute Gasteiger partial charge is 0.494 e. The van der Waals surface area contributed by atoms with Gasteiger partial charge < -0.3 is 18.9 Å². The zero-order valence-electron chi connectivity index (χ0n) is 19.2. The van der Waals surface area contributed by atoms with Crippen LogP contribution < -0.4 is 9.47 Å². The van der Waals surface area contributed by atoms with Gasteiger partial charge in [0.1, 0.15) is 11.5 Å². The van der Waals surface area contributed by atoms with Crippen LogP contribution in [-0.2, 0) is 9.47 Å². The van der Waals surface area contributed by atoms with E-state index in [4.69, 9.17) is 18.9 Å². The van der Waals surface area contributed by atoms with E-state index in [2.05, 4.69) is 0 Å². The first kappa shape index (κ1) is 23.1. The Morgan fingerprint density at radius 3 is 1.35 bits per heavy atom. The number of carbonyl (C=O) groups is 2. The summed E-state index contributed by atoms with van der Waals surface area (Å²) in [5, 5.41) is 3.92. The normalized spacial score (nSPS) is 10.8. The van der Waals surface area contributed by atoms with Gasteiger partial charge in [-0.1, -0.05) is 24.3 Å². The Labute approximate surface area is 198 Å². The predicted molar refractivity (Wildman–Crippen MR) is 131 cm³/mol. The second kappa shape index (κ2) is 10.7. The molecule has 0 unspecified atom stereocenters. The molecule has 0 bridgehead atoms. The van der Waals surface area contributed by atoms with Gasteiger partial charge in [0.05, 0.1) is 38.6 Å². The first-order valence-corrected chi connectivity index (χ1v) is 11.1. The van der Waals surface area contributed by atoms with Gasteiger partial charge >= 0.3 is 11.9 Å². The highest BCUT2D eigenvalue weighted by molar-refractivity contribution is 5.96. The lowest BCUT2D eigenvalue weighted by Gasteiger charge is -2.10. The molecule has 34 heavy (non-hydrogen) atoms. The monoisotopic (exact) mass is 458 g/mol. The Balaban J connectivity index is 1.24. The van der Waals surface area contributed by atoms with Crippen molar-refractivity contribution in [3.8, 4) is 11.5 Å². The summed E-state index contributed by atoms with van der Waals surface area (Å²) in [6, 6.07) is 22.5. The van der Waals surface area contributed by atoms with Crippen LogP contribution in [-0.4, -0.2) is 39.4 Å². The van der Waals surface area contributed by atoms with Gasteiger partial charge in [0.25, 0.3) is 0 Å². The molecule has 174 valence electrons. The molecule has 6 heteroatoms. The molecule has 0 heterocycles. The average Bonchev–Trinajstić information content (AvgIpc) is 2.88. The van der Waals surface area contributed by atoms with Crippen molar-refractivity contribution in [3.63, 3.8) is 0 Å². The second-order valence-electron chi connectivity index (χ2n) is 7.83. The minimum atomic E-state index is -0.346. The maximum Gasteiger partial charge on any atom is 0.337 e. The summed E-state index contributed by atoms with van der Waals surface area (Å²) >= 11 is 0. The maximum atomic E-state index is 11.7. The van der Waals surface area contributed by atoms with Crippen LogP contribution in [0, 0.1) is 0 Å². The first-order valence-electron chi connectivity index (χ1n) is 11.1. The van der Waals surface area contributed by atoms with Crippen molar-refractivity contribution in [1.82, 2.24) is 0 Å². The minimum Gasteiger partial charge on any atom is -0.494 e. The number of esters is 2. The molecule has 0 atom stereocenters. The molecule has 4 aromatic rings. The van der Waals surface area contributed by atoms with Crippen LogP contribution in [0.5, 0.6) is 11.5 Å². The first-order chi connectivity index (χ1) is 16.6. The topological polar surface area (TPSA) is 71.1 Å². The fourth-order valence-corrected chi connectivity index (χ4v) is 3.70. The van der Waals surface area contributed by atoms with Gasteiger partial charge in [0.2, 0.25) is 0 Å². The van der Waals surface area contributed by atoms with Crippen molar-refractivity contribution in [3.05, 3.63) is 83.9 Å². The van der Waals surface area contributed by atoms with Crippen LogP contribution in [0.15, 0.2) is 72.8 Å². The summed E-state index contributed by atoms with van der Waals surface area (Å²) in [7, 11) is 2.75. The Morgan fingerprint density at radius 2 is 0.941 bits per heavy atom. The summed E-state index contributed by atoms with van der Waals surface area (Å²) < 4.78 is 21.3. The summed E-state index contributed by atoms with van der Waals surface area (Å²) in [6.45, 7) is 1.17. The van der Waals surface area contributed by atoms with Gasteiger partial charge in [-0.2, -0.15) is 0 Å². The minimum absolute atomic E-state index is 0.346. The van der Waals surface area contributed by atoms with Crippen LogP contribution in [0.4, 0.5) is 0 Å². The lowest BCUT2D eigenvalue weighted by atomic mass is 10.1. The third kappa shape index (κ3) is 5.46. The highest BCUT2D eigenvalue weighted by atomic mass is 16.5. The zero-order valence-corrected chi connectivity index (χ0v) is 19.2. The molecule has 0 aliphatic rings. The molecule has 0 aromatic heterocycles. The molecule has 0 saturated carbocycles. The van der Waals surface area contributed by atoms with E-state index in [1.54, 1.807) is 12.1 Å². The number of hydrogen-bond donors (Lipinski definition) is 0. The highest BCUT2D eigenvalue weighted by Gasteiger charge is 2.08. The van der Waals surface area contributed by atoms with E-state index in [-0.39, 0.29) is 11.9 Å². The molecule has 4 rings (SSSR count). The zero-order chi connectivity index (χ0) is 23.9. The molecule has 0 aliphatic carbocycles. The molecular formula is C28H26O6. The number of carbonyl (C=O) groups excluding carboxylic acids is 2. The van der Waals surface area contributed by atoms with E-state index in [9.17, 15) is 9.59 Å². The van der Waals surface area contributed by atoms with Crippen LogP contribution in [0.2, 0.25) is 0 Å². The van der Waals surface area contributed by atoms with Crippen LogP contribution in [0.3, 0.4) is 0 Å². The number of ether oxygens (including phenoxy) is 4. The number of benzene rings is 4. The van der Waals surface area contributed by atoms with Crippen LogP contribution >= 0.6 is 0 Å². The number of fused-ring (bicyclic) bond motifs is 2. The van der Waals surface area contributed by atoms with E-state index in [1.807, 2.05) is 60.7 Å². The number of methoxy groups -OCH3 is 2.